The Morgan fingerprint density at radius 1 is 1.42 bits per heavy atom. The van der Waals surface area contributed by atoms with E-state index in [1.807, 2.05) is 6.08 Å². The van der Waals surface area contributed by atoms with E-state index < -0.39 is 29.2 Å². The van der Waals surface area contributed by atoms with Crippen LogP contribution in [0.15, 0.2) is 29.8 Å². The SMILES string of the molecule is CCOC(=O)CNC(=O)c1ccc(N(C2CCCC=C2CCOC=O)S(=O)[O-])c(Cl)c1. The number of hydrogen-bond acceptors (Lipinski definition) is 7. The fourth-order valence-corrected chi connectivity index (χ4v) is 4.42. The Morgan fingerprint density at radius 2 is 2.19 bits per heavy atom. The van der Waals surface area contributed by atoms with Gasteiger partial charge in [0.25, 0.3) is 12.4 Å². The van der Waals surface area contributed by atoms with E-state index >= 15 is 0 Å². The van der Waals surface area contributed by atoms with Gasteiger partial charge >= 0.3 is 5.97 Å². The van der Waals surface area contributed by atoms with Crippen molar-refractivity contribution in [2.45, 2.75) is 38.6 Å². The summed E-state index contributed by atoms with van der Waals surface area (Å²) in [5, 5.41) is 2.49. The van der Waals surface area contributed by atoms with Crippen molar-refractivity contribution in [2.24, 2.45) is 0 Å². The molecule has 0 spiro atoms. The summed E-state index contributed by atoms with van der Waals surface area (Å²) < 4.78 is 34.9. The zero-order valence-electron chi connectivity index (χ0n) is 17.0. The summed E-state index contributed by atoms with van der Waals surface area (Å²) in [7, 11) is 0. The van der Waals surface area contributed by atoms with Crippen LogP contribution in [-0.4, -0.2) is 52.9 Å². The van der Waals surface area contributed by atoms with E-state index in [4.69, 9.17) is 21.1 Å². The van der Waals surface area contributed by atoms with Gasteiger partial charge in [0.05, 0.1) is 30.0 Å². The lowest BCUT2D eigenvalue weighted by atomic mass is 9.91. The zero-order chi connectivity index (χ0) is 22.8. The van der Waals surface area contributed by atoms with Gasteiger partial charge in [0.2, 0.25) is 0 Å². The third kappa shape index (κ3) is 7.05. The number of anilines is 1. The lowest BCUT2D eigenvalue weighted by molar-refractivity contribution is -0.141. The molecule has 1 aliphatic rings. The zero-order valence-corrected chi connectivity index (χ0v) is 18.6. The van der Waals surface area contributed by atoms with E-state index in [0.717, 1.165) is 18.4 Å². The maximum absolute atomic E-state index is 12.3. The van der Waals surface area contributed by atoms with Crippen LogP contribution >= 0.6 is 11.6 Å². The lowest BCUT2D eigenvalue weighted by Gasteiger charge is -2.38. The van der Waals surface area contributed by atoms with Crippen LogP contribution in [-0.2, 0) is 30.3 Å². The molecule has 2 atom stereocenters. The van der Waals surface area contributed by atoms with Crippen molar-refractivity contribution < 1.29 is 32.6 Å². The van der Waals surface area contributed by atoms with Gasteiger partial charge in [-0.2, -0.15) is 0 Å². The van der Waals surface area contributed by atoms with E-state index in [1.165, 1.54) is 22.5 Å². The summed E-state index contributed by atoms with van der Waals surface area (Å²) in [5.41, 5.74) is 1.24. The molecule has 0 fully saturated rings. The Balaban J connectivity index is 2.21. The van der Waals surface area contributed by atoms with Gasteiger partial charge in [-0.15, -0.1) is 0 Å². The molecular weight excluding hydrogens is 448 g/mol. The molecule has 1 N–H and O–H groups in total. The minimum absolute atomic E-state index is 0.0713. The van der Waals surface area contributed by atoms with Crippen LogP contribution in [0.5, 0.6) is 0 Å². The molecule has 31 heavy (non-hydrogen) atoms. The van der Waals surface area contributed by atoms with Crippen LogP contribution in [0.3, 0.4) is 0 Å². The van der Waals surface area contributed by atoms with Gasteiger partial charge in [0.1, 0.15) is 6.54 Å². The summed E-state index contributed by atoms with van der Waals surface area (Å²) in [6.45, 7) is 2.08. The minimum atomic E-state index is -2.63. The smallest absolute Gasteiger partial charge is 0.325 e. The van der Waals surface area contributed by atoms with Gasteiger partial charge in [-0.25, -0.2) is 0 Å². The average molecular weight is 472 g/mol. The van der Waals surface area contributed by atoms with E-state index in [0.29, 0.717) is 19.3 Å². The highest BCUT2D eigenvalue weighted by Crippen LogP contribution is 2.35. The molecule has 1 aromatic carbocycles. The molecule has 1 aromatic rings. The standard InChI is InChI=1S/C20H25ClN2O7S/c1-2-30-19(25)12-22-20(26)15-7-8-18(16(21)11-15)23(31(27)28)17-6-4-3-5-14(17)9-10-29-13-24/h5,7-8,11,13,17H,2-4,6,9-10,12H2,1H3,(H,22,26)(H,27,28)/p-1. The normalized spacial score (nSPS) is 16.6. The van der Waals surface area contributed by atoms with Crippen molar-refractivity contribution in [1.82, 2.24) is 5.32 Å². The van der Waals surface area contributed by atoms with E-state index in [1.54, 1.807) is 6.92 Å². The molecule has 0 saturated carbocycles. The fraction of sp³-hybridized carbons (Fsp3) is 0.450. The van der Waals surface area contributed by atoms with Crippen molar-refractivity contribution in [2.75, 3.05) is 24.1 Å². The van der Waals surface area contributed by atoms with Crippen LogP contribution in [0.1, 0.15) is 43.0 Å². The summed E-state index contributed by atoms with van der Waals surface area (Å²) >= 11 is 3.71. The van der Waals surface area contributed by atoms with Crippen LogP contribution in [0, 0.1) is 0 Å². The predicted molar refractivity (Wildman–Crippen MR) is 114 cm³/mol. The minimum Gasteiger partial charge on any atom is -0.755 e. The van der Waals surface area contributed by atoms with Gasteiger partial charge in [-0.1, -0.05) is 17.7 Å². The van der Waals surface area contributed by atoms with Gasteiger partial charge in [-0.05, 0) is 50.0 Å². The van der Waals surface area contributed by atoms with Gasteiger partial charge in [0, 0.05) is 23.3 Å². The number of rotatable bonds is 11. The fourth-order valence-electron chi connectivity index (χ4n) is 3.33. The lowest BCUT2D eigenvalue weighted by Crippen LogP contribution is -2.40. The molecule has 0 radical (unpaired) electrons. The van der Waals surface area contributed by atoms with Crippen molar-refractivity contribution in [3.8, 4) is 0 Å². The molecule has 0 aromatic heterocycles. The number of benzene rings is 1. The van der Waals surface area contributed by atoms with E-state index in [9.17, 15) is 23.1 Å². The van der Waals surface area contributed by atoms with Crippen molar-refractivity contribution in [3.63, 3.8) is 0 Å². The quantitative estimate of drug-likeness (QED) is 0.172. The van der Waals surface area contributed by atoms with Crippen molar-refractivity contribution >= 4 is 46.9 Å². The van der Waals surface area contributed by atoms with Crippen LogP contribution in [0.4, 0.5) is 5.69 Å². The largest absolute Gasteiger partial charge is 0.755 e. The topological polar surface area (TPSA) is 125 Å². The number of allylic oxidation sites excluding steroid dienone is 1. The molecule has 0 aliphatic heterocycles. The second-order valence-electron chi connectivity index (χ2n) is 6.64. The maximum Gasteiger partial charge on any atom is 0.325 e. The highest BCUT2D eigenvalue weighted by atomic mass is 35.5. The van der Waals surface area contributed by atoms with E-state index in [2.05, 4.69) is 5.32 Å². The molecule has 2 rings (SSSR count). The molecular formula is C20H24ClN2O7S-. The molecule has 9 nitrogen and oxygen atoms in total. The number of amides is 1. The van der Waals surface area contributed by atoms with Crippen molar-refractivity contribution in [1.29, 1.82) is 0 Å². The van der Waals surface area contributed by atoms with Gasteiger partial charge < -0.3 is 19.3 Å². The second kappa shape index (κ2) is 12.4. The summed E-state index contributed by atoms with van der Waals surface area (Å²) in [6.07, 6.45) is 4.54. The first-order chi connectivity index (χ1) is 14.9. The second-order valence-corrected chi connectivity index (χ2v) is 7.87. The molecule has 11 heteroatoms. The molecule has 0 saturated heterocycles. The molecule has 1 aliphatic carbocycles. The van der Waals surface area contributed by atoms with Gasteiger partial charge in [-0.3, -0.25) is 22.9 Å². The number of esters is 1. The van der Waals surface area contributed by atoms with Crippen LogP contribution in [0.2, 0.25) is 5.02 Å². The number of halogens is 1. The van der Waals surface area contributed by atoms with Crippen LogP contribution in [0.25, 0.3) is 0 Å². The highest BCUT2D eigenvalue weighted by Gasteiger charge is 2.27. The summed E-state index contributed by atoms with van der Waals surface area (Å²) in [6, 6.07) is 3.76. The Labute approximate surface area is 188 Å². The Kier molecular flexibility index (Phi) is 9.96. The first kappa shape index (κ1) is 24.8. The Morgan fingerprint density at radius 3 is 2.84 bits per heavy atom. The Hall–Kier alpha value is -2.43. The van der Waals surface area contributed by atoms with Crippen molar-refractivity contribution in [3.05, 3.63) is 40.4 Å². The van der Waals surface area contributed by atoms with Gasteiger partial charge in [0.15, 0.2) is 0 Å². The number of hydrogen-bond donors (Lipinski definition) is 1. The summed E-state index contributed by atoms with van der Waals surface area (Å²) in [4.78, 5) is 34.1. The monoisotopic (exact) mass is 471 g/mol. The average Bonchev–Trinajstić information content (AvgIpc) is 2.74. The summed E-state index contributed by atoms with van der Waals surface area (Å²) in [5.74, 6) is -1.11. The molecule has 2 unspecified atom stereocenters. The third-order valence-corrected chi connectivity index (χ3v) is 5.76. The molecule has 170 valence electrons. The first-order valence-electron chi connectivity index (χ1n) is 9.75. The molecule has 1 amide bonds. The molecule has 0 heterocycles. The number of nitrogens with zero attached hydrogens (tertiary/aromatic N) is 1. The first-order valence-corrected chi connectivity index (χ1v) is 11.2. The third-order valence-electron chi connectivity index (χ3n) is 4.68. The van der Waals surface area contributed by atoms with Crippen LogP contribution < -0.4 is 9.62 Å². The number of carbonyl (C=O) groups excluding carboxylic acids is 3. The number of ether oxygens (including phenoxy) is 2. The Bertz CT molecular complexity index is 862. The maximum atomic E-state index is 12.3. The predicted octanol–water partition coefficient (Wildman–Crippen LogP) is 2.28. The number of carbonyl (C=O) groups is 3. The number of nitrogens with one attached hydrogen (secondary N) is 1. The molecule has 0 bridgehead atoms. The van der Waals surface area contributed by atoms with E-state index in [-0.39, 0.29) is 36.0 Å². The highest BCUT2D eigenvalue weighted by molar-refractivity contribution is 7.80.